The molecule has 0 radical (unpaired) electrons. The van der Waals surface area contributed by atoms with Crippen LogP contribution in [0.1, 0.15) is 33.9 Å². The van der Waals surface area contributed by atoms with Crippen molar-refractivity contribution in [2.45, 2.75) is 26.7 Å². The van der Waals surface area contributed by atoms with Crippen LogP contribution >= 0.6 is 0 Å². The number of hydrogen-bond acceptors (Lipinski definition) is 4. The van der Waals surface area contributed by atoms with Gasteiger partial charge in [0.15, 0.2) is 0 Å². The molecule has 0 bridgehead atoms. The van der Waals surface area contributed by atoms with Gasteiger partial charge in [0.25, 0.3) is 5.91 Å². The third kappa shape index (κ3) is 3.88. The Balaban J connectivity index is 1.82. The Morgan fingerprint density at radius 3 is 2.55 bits per heavy atom. The van der Waals surface area contributed by atoms with Gasteiger partial charge in [-0.15, -0.1) is 0 Å². The molecular weight excluding hydrogens is 284 g/mol. The minimum Gasteiger partial charge on any atom is -0.508 e. The average Bonchev–Trinajstić information content (AvgIpc) is 2.82. The summed E-state index contributed by atoms with van der Waals surface area (Å²) in [5.41, 5.74) is 5.76. The number of benzene rings is 1. The van der Waals surface area contributed by atoms with Crippen molar-refractivity contribution < 1.29 is 19.1 Å². The van der Waals surface area contributed by atoms with Crippen LogP contribution in [0, 0.1) is 13.8 Å². The Kier molecular flexibility index (Phi) is 4.83. The fourth-order valence-electron chi connectivity index (χ4n) is 2.08. The lowest BCUT2D eigenvalue weighted by molar-refractivity contribution is -0.121. The molecular formula is C16H18N2O4. The van der Waals surface area contributed by atoms with Crippen molar-refractivity contribution in [3.63, 3.8) is 0 Å². The fraction of sp³-hybridized carbons (Fsp3) is 0.250. The maximum absolute atomic E-state index is 11.9. The van der Waals surface area contributed by atoms with E-state index in [2.05, 4.69) is 10.9 Å². The maximum atomic E-state index is 11.9. The van der Waals surface area contributed by atoms with Gasteiger partial charge in [0.05, 0.1) is 5.56 Å². The first-order valence-corrected chi connectivity index (χ1v) is 6.90. The van der Waals surface area contributed by atoms with Gasteiger partial charge in [0.2, 0.25) is 5.91 Å². The normalized spacial score (nSPS) is 10.3. The molecule has 0 saturated carbocycles. The van der Waals surface area contributed by atoms with E-state index in [9.17, 15) is 14.7 Å². The zero-order valence-corrected chi connectivity index (χ0v) is 12.5. The molecule has 0 aliphatic rings. The van der Waals surface area contributed by atoms with Gasteiger partial charge < -0.3 is 9.52 Å². The number of rotatable bonds is 4. The van der Waals surface area contributed by atoms with E-state index in [1.165, 1.54) is 0 Å². The molecule has 1 heterocycles. The average molecular weight is 302 g/mol. The zero-order chi connectivity index (χ0) is 16.1. The van der Waals surface area contributed by atoms with Crippen LogP contribution in [-0.2, 0) is 11.2 Å². The lowest BCUT2D eigenvalue weighted by atomic mass is 10.1. The van der Waals surface area contributed by atoms with Crippen LogP contribution in [0.25, 0.3) is 0 Å². The molecule has 2 aromatic rings. The second-order valence-corrected chi connectivity index (χ2v) is 4.96. The molecule has 1 aromatic heterocycles. The van der Waals surface area contributed by atoms with Gasteiger partial charge in [-0.2, -0.15) is 0 Å². The number of phenols is 1. The number of para-hydroxylation sites is 1. The highest BCUT2D eigenvalue weighted by Crippen LogP contribution is 2.17. The summed E-state index contributed by atoms with van der Waals surface area (Å²) < 4.78 is 5.26. The van der Waals surface area contributed by atoms with E-state index >= 15 is 0 Å². The minimum atomic E-state index is -0.426. The predicted octanol–water partition coefficient (Wildman–Crippen LogP) is 2.00. The van der Waals surface area contributed by atoms with Crippen molar-refractivity contribution in [2.75, 3.05) is 0 Å². The van der Waals surface area contributed by atoms with E-state index in [1.807, 2.05) is 0 Å². The third-order valence-corrected chi connectivity index (χ3v) is 3.21. The number of carbonyl (C=O) groups is 2. The van der Waals surface area contributed by atoms with Crippen LogP contribution in [0.3, 0.4) is 0 Å². The van der Waals surface area contributed by atoms with Crippen LogP contribution in [-0.4, -0.2) is 16.9 Å². The molecule has 6 heteroatoms. The lowest BCUT2D eigenvalue weighted by Crippen LogP contribution is -2.41. The maximum Gasteiger partial charge on any atom is 0.273 e. The van der Waals surface area contributed by atoms with Gasteiger partial charge in [0, 0.05) is 6.42 Å². The summed E-state index contributed by atoms with van der Waals surface area (Å²) in [6, 6.07) is 8.43. The number of furan rings is 1. The van der Waals surface area contributed by atoms with Crippen molar-refractivity contribution in [2.24, 2.45) is 0 Å². The molecule has 0 unspecified atom stereocenters. The molecule has 0 aliphatic heterocycles. The van der Waals surface area contributed by atoms with Gasteiger partial charge in [-0.3, -0.25) is 20.4 Å². The molecule has 0 saturated heterocycles. The summed E-state index contributed by atoms with van der Waals surface area (Å²) in [5.74, 6) is 0.524. The largest absolute Gasteiger partial charge is 0.508 e. The van der Waals surface area contributed by atoms with Crippen LogP contribution in [0.4, 0.5) is 0 Å². The molecule has 22 heavy (non-hydrogen) atoms. The molecule has 0 aliphatic carbocycles. The lowest BCUT2D eigenvalue weighted by Gasteiger charge is -2.07. The first-order valence-electron chi connectivity index (χ1n) is 6.90. The second-order valence-electron chi connectivity index (χ2n) is 4.96. The number of carbonyl (C=O) groups excluding carboxylic acids is 2. The molecule has 116 valence electrons. The Morgan fingerprint density at radius 2 is 1.91 bits per heavy atom. The molecule has 0 atom stereocenters. The van der Waals surface area contributed by atoms with Gasteiger partial charge in [-0.05, 0) is 38.0 Å². The van der Waals surface area contributed by atoms with Crippen LogP contribution < -0.4 is 10.9 Å². The summed E-state index contributed by atoms with van der Waals surface area (Å²) in [4.78, 5) is 23.6. The number of amides is 2. The highest BCUT2D eigenvalue weighted by Gasteiger charge is 2.14. The molecule has 3 N–H and O–H groups in total. The summed E-state index contributed by atoms with van der Waals surface area (Å²) in [6.45, 7) is 3.43. The Hall–Kier alpha value is -2.76. The molecule has 1 aromatic carbocycles. The molecule has 2 amide bonds. The van der Waals surface area contributed by atoms with E-state index in [1.54, 1.807) is 44.2 Å². The molecule has 0 spiro atoms. The molecule has 2 rings (SSSR count). The molecule has 6 nitrogen and oxygen atoms in total. The number of hydrazine groups is 1. The van der Waals surface area contributed by atoms with E-state index in [0.29, 0.717) is 29.1 Å². The zero-order valence-electron chi connectivity index (χ0n) is 12.5. The third-order valence-electron chi connectivity index (χ3n) is 3.21. The summed E-state index contributed by atoms with van der Waals surface area (Å²) >= 11 is 0. The highest BCUT2D eigenvalue weighted by molar-refractivity contribution is 5.96. The van der Waals surface area contributed by atoms with Crippen molar-refractivity contribution in [1.29, 1.82) is 0 Å². The van der Waals surface area contributed by atoms with Crippen LogP contribution in [0.5, 0.6) is 5.75 Å². The van der Waals surface area contributed by atoms with E-state index in [4.69, 9.17) is 4.42 Å². The van der Waals surface area contributed by atoms with Gasteiger partial charge in [0.1, 0.15) is 17.3 Å². The topological polar surface area (TPSA) is 91.6 Å². The predicted molar refractivity (Wildman–Crippen MR) is 80.2 cm³/mol. The van der Waals surface area contributed by atoms with E-state index < -0.39 is 5.91 Å². The number of hydrogen-bond donors (Lipinski definition) is 3. The Morgan fingerprint density at radius 1 is 1.18 bits per heavy atom. The smallest absolute Gasteiger partial charge is 0.273 e. The standard InChI is InChI=1S/C16H18N2O4/c1-10-9-13(11(2)22-10)16(21)18-17-15(20)8-7-12-5-3-4-6-14(12)19/h3-6,9,19H,7-8H2,1-2H3,(H,17,20)(H,18,21). The summed E-state index contributed by atoms with van der Waals surface area (Å²) in [7, 11) is 0. The molecule has 0 fully saturated rings. The second kappa shape index (κ2) is 6.80. The van der Waals surface area contributed by atoms with Crippen molar-refractivity contribution >= 4 is 11.8 Å². The Bertz CT molecular complexity index is 691. The number of phenolic OH excluding ortho intramolecular Hbond substituents is 1. The van der Waals surface area contributed by atoms with Crippen LogP contribution in [0.2, 0.25) is 0 Å². The van der Waals surface area contributed by atoms with Crippen molar-refractivity contribution in [3.8, 4) is 5.75 Å². The number of aromatic hydroxyl groups is 1. The van der Waals surface area contributed by atoms with Gasteiger partial charge in [-0.25, -0.2) is 0 Å². The van der Waals surface area contributed by atoms with Crippen LogP contribution in [0.15, 0.2) is 34.7 Å². The number of nitrogens with one attached hydrogen (secondary N) is 2. The monoisotopic (exact) mass is 302 g/mol. The van der Waals surface area contributed by atoms with Crippen molar-refractivity contribution in [1.82, 2.24) is 10.9 Å². The van der Waals surface area contributed by atoms with E-state index in [-0.39, 0.29) is 18.1 Å². The highest BCUT2D eigenvalue weighted by atomic mass is 16.3. The fourth-order valence-corrected chi connectivity index (χ4v) is 2.08. The number of aryl methyl sites for hydroxylation is 3. The quantitative estimate of drug-likeness (QED) is 0.753. The summed E-state index contributed by atoms with van der Waals surface area (Å²) in [6.07, 6.45) is 0.541. The Labute approximate surface area is 128 Å². The van der Waals surface area contributed by atoms with Gasteiger partial charge >= 0.3 is 0 Å². The first-order chi connectivity index (χ1) is 10.5. The minimum absolute atomic E-state index is 0.154. The summed E-state index contributed by atoms with van der Waals surface area (Å²) in [5, 5.41) is 9.61. The SMILES string of the molecule is Cc1cc(C(=O)NNC(=O)CCc2ccccc2O)c(C)o1. The van der Waals surface area contributed by atoms with Gasteiger partial charge in [-0.1, -0.05) is 18.2 Å². The van der Waals surface area contributed by atoms with Crippen molar-refractivity contribution in [3.05, 3.63) is 53.0 Å². The first kappa shape index (κ1) is 15.6. The van der Waals surface area contributed by atoms with E-state index in [0.717, 1.165) is 0 Å².